The summed E-state index contributed by atoms with van der Waals surface area (Å²) >= 11 is 0. The van der Waals surface area contributed by atoms with Gasteiger partial charge in [0.15, 0.2) is 0 Å². The van der Waals surface area contributed by atoms with Gasteiger partial charge >= 0.3 is 5.97 Å². The zero-order valence-corrected chi connectivity index (χ0v) is 10.9. The number of imidazole rings is 1. The molecule has 1 aromatic heterocycles. The van der Waals surface area contributed by atoms with Gasteiger partial charge in [-0.1, -0.05) is 12.1 Å². The number of carboxylic acid groups (broad SMARTS) is 1. The number of carboxylic acids is 1. The summed E-state index contributed by atoms with van der Waals surface area (Å²) in [6, 6.07) is 8.13. The molecule has 5 nitrogen and oxygen atoms in total. The average molecular weight is 259 g/mol. The van der Waals surface area contributed by atoms with Crippen LogP contribution in [-0.2, 0) is 11.8 Å². The molecule has 0 aliphatic carbocycles. The van der Waals surface area contributed by atoms with Crippen LogP contribution in [0.2, 0.25) is 0 Å². The quantitative estimate of drug-likeness (QED) is 0.913. The van der Waals surface area contributed by atoms with Gasteiger partial charge in [0.2, 0.25) is 0 Å². The Morgan fingerprint density at radius 1 is 1.47 bits per heavy atom. The van der Waals surface area contributed by atoms with E-state index in [-0.39, 0.29) is 12.6 Å². The summed E-state index contributed by atoms with van der Waals surface area (Å²) in [5.41, 5.74) is 2.07. The van der Waals surface area contributed by atoms with Gasteiger partial charge in [-0.2, -0.15) is 0 Å². The highest BCUT2D eigenvalue weighted by atomic mass is 16.4. The van der Waals surface area contributed by atoms with E-state index < -0.39 is 5.97 Å². The molecule has 5 heteroatoms. The fraction of sp³-hybridized carbons (Fsp3) is 0.429. The number of benzene rings is 1. The highest BCUT2D eigenvalue weighted by molar-refractivity contribution is 5.76. The molecule has 100 valence electrons. The molecular weight excluding hydrogens is 242 g/mol. The summed E-state index contributed by atoms with van der Waals surface area (Å²) in [5, 5.41) is 8.98. The Morgan fingerprint density at radius 3 is 3.00 bits per heavy atom. The molecule has 0 bridgehead atoms. The first-order valence-electron chi connectivity index (χ1n) is 6.54. The number of fused-ring (bicyclic) bond motifs is 1. The number of likely N-dealkylation sites (tertiary alicyclic amines) is 1. The van der Waals surface area contributed by atoms with E-state index in [1.807, 2.05) is 36.2 Å². The van der Waals surface area contributed by atoms with Gasteiger partial charge in [0.05, 0.1) is 23.6 Å². The maximum atomic E-state index is 10.9. The third-order valence-corrected chi connectivity index (χ3v) is 3.82. The third-order valence-electron chi connectivity index (χ3n) is 3.82. The van der Waals surface area contributed by atoms with Gasteiger partial charge in [-0.15, -0.1) is 0 Å². The van der Waals surface area contributed by atoms with Crippen LogP contribution in [0.4, 0.5) is 0 Å². The molecule has 2 aromatic rings. The lowest BCUT2D eigenvalue weighted by atomic mass is 10.2. The number of hydrogen-bond donors (Lipinski definition) is 1. The molecule has 1 fully saturated rings. The standard InChI is InChI=1S/C14H17N3O2/c1-16-11-6-3-2-5-10(11)15-14(16)12-7-4-8-17(12)9-13(18)19/h2-3,5-6,12H,4,7-9H2,1H3,(H,18,19). The van der Waals surface area contributed by atoms with Crippen LogP contribution in [0.25, 0.3) is 11.0 Å². The van der Waals surface area contributed by atoms with Crippen LogP contribution >= 0.6 is 0 Å². The first-order valence-corrected chi connectivity index (χ1v) is 6.54. The van der Waals surface area contributed by atoms with E-state index >= 15 is 0 Å². The maximum absolute atomic E-state index is 10.9. The molecule has 0 radical (unpaired) electrons. The summed E-state index contributed by atoms with van der Waals surface area (Å²) in [4.78, 5) is 17.6. The van der Waals surface area contributed by atoms with Gasteiger partial charge in [0.1, 0.15) is 5.82 Å². The van der Waals surface area contributed by atoms with E-state index in [0.717, 1.165) is 36.2 Å². The molecular formula is C14H17N3O2. The van der Waals surface area contributed by atoms with E-state index in [0.29, 0.717) is 0 Å². The van der Waals surface area contributed by atoms with E-state index in [1.165, 1.54) is 0 Å². The van der Waals surface area contributed by atoms with Crippen molar-refractivity contribution in [2.45, 2.75) is 18.9 Å². The molecule has 1 aromatic carbocycles. The van der Waals surface area contributed by atoms with Gasteiger partial charge in [0, 0.05) is 7.05 Å². The minimum atomic E-state index is -0.773. The second-order valence-corrected chi connectivity index (χ2v) is 5.04. The Hall–Kier alpha value is -1.88. The predicted molar refractivity (Wildman–Crippen MR) is 71.9 cm³/mol. The largest absolute Gasteiger partial charge is 0.480 e. The summed E-state index contributed by atoms with van der Waals surface area (Å²) in [5.74, 6) is 0.200. The smallest absolute Gasteiger partial charge is 0.317 e. The first-order chi connectivity index (χ1) is 9.16. The van der Waals surface area contributed by atoms with Gasteiger partial charge < -0.3 is 9.67 Å². The number of carbonyl (C=O) groups is 1. The van der Waals surface area contributed by atoms with E-state index in [2.05, 4.69) is 9.55 Å². The van der Waals surface area contributed by atoms with Gasteiger partial charge in [-0.25, -0.2) is 4.98 Å². The summed E-state index contributed by atoms with van der Waals surface area (Å²) < 4.78 is 2.08. The predicted octanol–water partition coefficient (Wildman–Crippen LogP) is 1.79. The SMILES string of the molecule is Cn1c(C2CCCN2CC(=O)O)nc2ccccc21. The summed E-state index contributed by atoms with van der Waals surface area (Å²) in [6.07, 6.45) is 2.01. The number of aromatic nitrogens is 2. The van der Waals surface area contributed by atoms with Crippen LogP contribution in [-0.4, -0.2) is 38.6 Å². The molecule has 19 heavy (non-hydrogen) atoms. The van der Waals surface area contributed by atoms with Crippen molar-refractivity contribution < 1.29 is 9.90 Å². The molecule has 0 spiro atoms. The number of aryl methyl sites for hydroxylation is 1. The molecule has 0 saturated carbocycles. The Kier molecular flexibility index (Phi) is 2.98. The summed E-state index contributed by atoms with van der Waals surface area (Å²) in [7, 11) is 2.00. The van der Waals surface area contributed by atoms with Gasteiger partial charge in [-0.05, 0) is 31.5 Å². The molecule has 0 amide bonds. The highest BCUT2D eigenvalue weighted by Crippen LogP contribution is 2.32. The molecule has 1 aliphatic rings. The lowest BCUT2D eigenvalue weighted by Crippen LogP contribution is -2.30. The third kappa shape index (κ3) is 2.10. The van der Waals surface area contributed by atoms with E-state index in [4.69, 9.17) is 5.11 Å². The monoisotopic (exact) mass is 259 g/mol. The van der Waals surface area contributed by atoms with Crippen LogP contribution in [0.1, 0.15) is 24.7 Å². The maximum Gasteiger partial charge on any atom is 0.317 e. The first kappa shape index (κ1) is 12.2. The molecule has 1 unspecified atom stereocenters. The van der Waals surface area contributed by atoms with Crippen LogP contribution in [0, 0.1) is 0 Å². The number of nitrogens with zero attached hydrogens (tertiary/aromatic N) is 3. The lowest BCUT2D eigenvalue weighted by molar-refractivity contribution is -0.138. The number of para-hydroxylation sites is 2. The molecule has 2 heterocycles. The number of hydrogen-bond acceptors (Lipinski definition) is 3. The number of aliphatic carboxylic acids is 1. The Labute approximate surface area is 111 Å². The number of rotatable bonds is 3. The Morgan fingerprint density at radius 2 is 2.26 bits per heavy atom. The van der Waals surface area contributed by atoms with E-state index in [9.17, 15) is 4.79 Å². The zero-order valence-electron chi connectivity index (χ0n) is 10.9. The van der Waals surface area contributed by atoms with Crippen molar-refractivity contribution >= 4 is 17.0 Å². The molecule has 1 saturated heterocycles. The minimum absolute atomic E-state index is 0.0911. The van der Waals surface area contributed by atoms with Crippen molar-refractivity contribution in [1.29, 1.82) is 0 Å². The lowest BCUT2D eigenvalue weighted by Gasteiger charge is -2.22. The highest BCUT2D eigenvalue weighted by Gasteiger charge is 2.30. The van der Waals surface area contributed by atoms with Crippen LogP contribution in [0.3, 0.4) is 0 Å². The summed E-state index contributed by atoms with van der Waals surface area (Å²) in [6.45, 7) is 0.925. The molecule has 1 N–H and O–H groups in total. The normalized spacial score (nSPS) is 20.2. The fourth-order valence-corrected chi connectivity index (χ4v) is 2.94. The van der Waals surface area contributed by atoms with Crippen molar-refractivity contribution in [1.82, 2.24) is 14.5 Å². The van der Waals surface area contributed by atoms with E-state index in [1.54, 1.807) is 0 Å². The molecule has 3 rings (SSSR count). The molecule has 1 atom stereocenters. The zero-order chi connectivity index (χ0) is 13.4. The second-order valence-electron chi connectivity index (χ2n) is 5.04. The van der Waals surface area contributed by atoms with Crippen molar-refractivity contribution in [3.8, 4) is 0 Å². The average Bonchev–Trinajstić information content (AvgIpc) is 2.94. The Balaban J connectivity index is 1.99. The molecule has 1 aliphatic heterocycles. The fourth-order valence-electron chi connectivity index (χ4n) is 2.94. The minimum Gasteiger partial charge on any atom is -0.480 e. The second kappa shape index (κ2) is 4.66. The van der Waals surface area contributed by atoms with Crippen molar-refractivity contribution in [3.05, 3.63) is 30.1 Å². The van der Waals surface area contributed by atoms with Crippen molar-refractivity contribution in [3.63, 3.8) is 0 Å². The van der Waals surface area contributed by atoms with Crippen LogP contribution in [0.5, 0.6) is 0 Å². The topological polar surface area (TPSA) is 58.4 Å². The van der Waals surface area contributed by atoms with Crippen molar-refractivity contribution in [2.24, 2.45) is 7.05 Å². The van der Waals surface area contributed by atoms with Gasteiger partial charge in [0.25, 0.3) is 0 Å². The van der Waals surface area contributed by atoms with Crippen molar-refractivity contribution in [2.75, 3.05) is 13.1 Å². The van der Waals surface area contributed by atoms with Crippen LogP contribution in [0.15, 0.2) is 24.3 Å². The van der Waals surface area contributed by atoms with Crippen LogP contribution < -0.4 is 0 Å². The van der Waals surface area contributed by atoms with Gasteiger partial charge in [-0.3, -0.25) is 9.69 Å². The Bertz CT molecular complexity index is 620.